The minimum Gasteiger partial charge on any atom is -0.477 e. The van der Waals surface area contributed by atoms with Gasteiger partial charge in [0.05, 0.1) is 34.4 Å². The minimum atomic E-state index is -1.50. The first-order valence-corrected chi connectivity index (χ1v) is 19.9. The van der Waals surface area contributed by atoms with E-state index in [1.54, 1.807) is 0 Å². The Kier molecular flexibility index (Phi) is 31.9. The number of aliphatic carboxylic acids is 1. The van der Waals surface area contributed by atoms with Gasteiger partial charge in [-0.2, -0.15) is 0 Å². The molecule has 0 aromatic carbocycles. The van der Waals surface area contributed by atoms with Crippen molar-refractivity contribution in [3.63, 3.8) is 0 Å². The molecule has 2 atom stereocenters. The molecule has 0 spiro atoms. The molecule has 2 unspecified atom stereocenters. The average molecular weight is 699 g/mol. The third-order valence-corrected chi connectivity index (χ3v) is 8.52. The molecule has 0 aliphatic rings. The van der Waals surface area contributed by atoms with E-state index in [9.17, 15) is 19.5 Å². The first kappa shape index (κ1) is 47.0. The second-order valence-electron chi connectivity index (χ2n) is 14.6. The smallest absolute Gasteiger partial charge is 0.361 e. The van der Waals surface area contributed by atoms with E-state index in [1.807, 2.05) is 21.1 Å². The zero-order chi connectivity index (χ0) is 36.4. The predicted octanol–water partition coefficient (Wildman–Crippen LogP) is 9.55. The third-order valence-electron chi connectivity index (χ3n) is 8.52. The first-order valence-electron chi connectivity index (χ1n) is 19.9. The number of likely N-dealkylation sites (N-methyl/N-ethyl adjacent to an activating group) is 1. The molecule has 0 fully saturated rings. The maximum Gasteiger partial charge on any atom is 0.361 e. The van der Waals surface area contributed by atoms with Crippen molar-refractivity contribution < 1.29 is 42.9 Å². The van der Waals surface area contributed by atoms with Crippen molar-refractivity contribution in [2.75, 3.05) is 47.5 Å². The largest absolute Gasteiger partial charge is 0.477 e. The number of esters is 2. The average Bonchev–Trinajstić information content (AvgIpc) is 3.05. The van der Waals surface area contributed by atoms with Gasteiger partial charge in [-0.3, -0.25) is 9.59 Å². The molecule has 0 radical (unpaired) electrons. The lowest BCUT2D eigenvalue weighted by Crippen LogP contribution is -2.40. The number of nitrogens with zero attached hydrogens (tertiary/aromatic N) is 1. The fourth-order valence-electron chi connectivity index (χ4n) is 5.36. The number of unbranched alkanes of at least 4 members (excludes halogenated alkanes) is 19. The molecule has 49 heavy (non-hydrogen) atoms. The van der Waals surface area contributed by atoms with E-state index in [-0.39, 0.29) is 32.2 Å². The summed E-state index contributed by atoms with van der Waals surface area (Å²) in [6.07, 6.45) is 28.6. The molecular formula is C40H76NO8+. The van der Waals surface area contributed by atoms with E-state index >= 15 is 0 Å². The van der Waals surface area contributed by atoms with Gasteiger partial charge in [-0.1, -0.05) is 129 Å². The summed E-state index contributed by atoms with van der Waals surface area (Å²) in [6.45, 7) is 4.81. The zero-order valence-corrected chi connectivity index (χ0v) is 32.4. The van der Waals surface area contributed by atoms with E-state index in [4.69, 9.17) is 18.9 Å². The second-order valence-corrected chi connectivity index (χ2v) is 14.6. The van der Waals surface area contributed by atoms with E-state index in [1.165, 1.54) is 89.9 Å². The Morgan fingerprint density at radius 1 is 0.592 bits per heavy atom. The summed E-state index contributed by atoms with van der Waals surface area (Å²) in [5, 5.41) is 9.57. The molecule has 9 heteroatoms. The summed E-state index contributed by atoms with van der Waals surface area (Å²) < 4.78 is 22.6. The van der Waals surface area contributed by atoms with E-state index in [0.29, 0.717) is 17.4 Å². The topological polar surface area (TPSA) is 108 Å². The highest BCUT2D eigenvalue weighted by molar-refractivity contribution is 5.71. The van der Waals surface area contributed by atoms with Crippen molar-refractivity contribution in [1.82, 2.24) is 0 Å². The van der Waals surface area contributed by atoms with Gasteiger partial charge in [0.25, 0.3) is 6.29 Å². The van der Waals surface area contributed by atoms with Gasteiger partial charge in [0.15, 0.2) is 6.10 Å². The molecule has 0 aliphatic heterocycles. The van der Waals surface area contributed by atoms with Gasteiger partial charge in [0.1, 0.15) is 13.2 Å². The number of hydrogen-bond donors (Lipinski definition) is 1. The van der Waals surface area contributed by atoms with Crippen LogP contribution in [0, 0.1) is 0 Å². The van der Waals surface area contributed by atoms with Gasteiger partial charge < -0.3 is 28.5 Å². The Morgan fingerprint density at radius 3 is 1.51 bits per heavy atom. The number of carboxylic acid groups (broad SMARTS) is 1. The van der Waals surface area contributed by atoms with Crippen molar-refractivity contribution in [3.8, 4) is 0 Å². The number of rotatable bonds is 36. The molecule has 0 saturated carbocycles. The van der Waals surface area contributed by atoms with E-state index < -0.39 is 24.3 Å². The van der Waals surface area contributed by atoms with Crippen LogP contribution in [0.1, 0.15) is 168 Å². The van der Waals surface area contributed by atoms with Gasteiger partial charge in [0.2, 0.25) is 0 Å². The number of carbonyl (C=O) groups is 3. The molecule has 0 aliphatic carbocycles. The Morgan fingerprint density at radius 2 is 1.04 bits per heavy atom. The normalized spacial score (nSPS) is 13.1. The molecule has 288 valence electrons. The number of carbonyl (C=O) groups excluding carboxylic acids is 2. The molecule has 0 saturated heterocycles. The third kappa shape index (κ3) is 34.3. The molecule has 0 amide bonds. The lowest BCUT2D eigenvalue weighted by molar-refractivity contribution is -0.870. The van der Waals surface area contributed by atoms with Crippen LogP contribution in [0.25, 0.3) is 0 Å². The van der Waals surface area contributed by atoms with Crippen LogP contribution < -0.4 is 0 Å². The fourth-order valence-corrected chi connectivity index (χ4v) is 5.36. The number of carboxylic acids is 1. The van der Waals surface area contributed by atoms with E-state index in [2.05, 4.69) is 26.0 Å². The molecule has 1 N–H and O–H groups in total. The molecule has 0 heterocycles. The summed E-state index contributed by atoms with van der Waals surface area (Å²) >= 11 is 0. The SMILES string of the molecule is CCCCCCCC/C=C\CCCCCCCCCC(=O)OC(COC(=O)CCCCCCCCC)COC(OCC[N+](C)(C)C)C(=O)O. The lowest BCUT2D eigenvalue weighted by Gasteiger charge is -2.25. The van der Waals surface area contributed by atoms with Gasteiger partial charge in [0, 0.05) is 12.8 Å². The maximum atomic E-state index is 12.7. The van der Waals surface area contributed by atoms with Gasteiger partial charge in [-0.25, -0.2) is 4.79 Å². The van der Waals surface area contributed by atoms with Crippen LogP contribution in [0.5, 0.6) is 0 Å². The monoisotopic (exact) mass is 699 g/mol. The van der Waals surface area contributed by atoms with Crippen LogP contribution in [0.2, 0.25) is 0 Å². The summed E-state index contributed by atoms with van der Waals surface area (Å²) in [6, 6.07) is 0. The Balaban J connectivity index is 4.42. The quantitative estimate of drug-likeness (QED) is 0.0227. The van der Waals surface area contributed by atoms with Crippen molar-refractivity contribution in [2.45, 2.75) is 180 Å². The number of hydrogen-bond acceptors (Lipinski definition) is 7. The maximum absolute atomic E-state index is 12.7. The molecular weight excluding hydrogens is 622 g/mol. The number of quaternary nitrogens is 1. The Labute approximate surface area is 300 Å². The minimum absolute atomic E-state index is 0.180. The van der Waals surface area contributed by atoms with Crippen LogP contribution >= 0.6 is 0 Å². The zero-order valence-electron chi connectivity index (χ0n) is 32.4. The molecule has 0 rings (SSSR count). The van der Waals surface area contributed by atoms with Crippen LogP contribution in [0.15, 0.2) is 12.2 Å². The van der Waals surface area contributed by atoms with Crippen LogP contribution in [-0.2, 0) is 33.3 Å². The highest BCUT2D eigenvalue weighted by Crippen LogP contribution is 2.13. The Hall–Kier alpha value is -1.97. The van der Waals surface area contributed by atoms with Gasteiger partial charge >= 0.3 is 17.9 Å². The molecule has 0 aromatic heterocycles. The molecule has 0 bridgehead atoms. The fraction of sp³-hybridized carbons (Fsp3) is 0.875. The highest BCUT2D eigenvalue weighted by atomic mass is 16.7. The molecule has 9 nitrogen and oxygen atoms in total. The van der Waals surface area contributed by atoms with E-state index in [0.717, 1.165) is 51.4 Å². The summed E-state index contributed by atoms with van der Waals surface area (Å²) in [5.74, 6) is -2.02. The standard InChI is InChI=1S/C40H75NO8/c1-6-8-10-12-14-15-16-17-18-19-20-21-22-23-25-27-29-31-38(43)49-36(34-47-37(42)30-28-26-24-13-11-9-7-2)35-48-40(39(44)45)46-33-32-41(3,4)5/h17-18,36,40H,6-16,19-35H2,1-5H3/p+1/b18-17-. The Bertz CT molecular complexity index is 826. The first-order chi connectivity index (χ1) is 23.6. The number of ether oxygens (including phenoxy) is 4. The van der Waals surface area contributed by atoms with Crippen molar-refractivity contribution in [3.05, 3.63) is 12.2 Å². The van der Waals surface area contributed by atoms with Gasteiger partial charge in [-0.15, -0.1) is 0 Å². The van der Waals surface area contributed by atoms with Crippen molar-refractivity contribution in [2.24, 2.45) is 0 Å². The summed E-state index contributed by atoms with van der Waals surface area (Å²) in [4.78, 5) is 36.8. The van der Waals surface area contributed by atoms with Gasteiger partial charge in [-0.05, 0) is 38.5 Å². The lowest BCUT2D eigenvalue weighted by atomic mass is 10.1. The predicted molar refractivity (Wildman–Crippen MR) is 198 cm³/mol. The van der Waals surface area contributed by atoms with Crippen LogP contribution in [0.4, 0.5) is 0 Å². The molecule has 0 aromatic rings. The highest BCUT2D eigenvalue weighted by Gasteiger charge is 2.25. The summed E-state index contributed by atoms with van der Waals surface area (Å²) in [7, 11) is 5.94. The van der Waals surface area contributed by atoms with Crippen molar-refractivity contribution in [1.29, 1.82) is 0 Å². The van der Waals surface area contributed by atoms with Crippen LogP contribution in [0.3, 0.4) is 0 Å². The van der Waals surface area contributed by atoms with Crippen molar-refractivity contribution >= 4 is 17.9 Å². The number of allylic oxidation sites excluding steroid dienone is 2. The summed E-state index contributed by atoms with van der Waals surface area (Å²) in [5.41, 5.74) is 0. The second kappa shape index (κ2) is 33.2. The van der Waals surface area contributed by atoms with Crippen LogP contribution in [-0.4, -0.2) is 87.4 Å².